The lowest BCUT2D eigenvalue weighted by Gasteiger charge is -2.28. The zero-order chi connectivity index (χ0) is 18.5. The fraction of sp³-hybridized carbons (Fsp3) is 0.389. The standard InChI is InChI=1S/C18H21N3O5/c1-23-14-5-4-12(10-15(14)24-2)17-19-13(18(22)25-3)11-16(20-17)21-6-8-26-9-7-21/h4-5,10-11H,6-9H2,1-3H3. The van der Waals surface area contributed by atoms with Gasteiger partial charge in [0.05, 0.1) is 34.5 Å². The summed E-state index contributed by atoms with van der Waals surface area (Å²) < 4.78 is 20.8. The monoisotopic (exact) mass is 359 g/mol. The third-order valence-corrected chi connectivity index (χ3v) is 4.08. The molecule has 8 heteroatoms. The number of hydrogen-bond donors (Lipinski definition) is 0. The zero-order valence-electron chi connectivity index (χ0n) is 15.0. The van der Waals surface area contributed by atoms with Gasteiger partial charge in [0.2, 0.25) is 0 Å². The van der Waals surface area contributed by atoms with Crippen LogP contribution in [0.1, 0.15) is 10.5 Å². The summed E-state index contributed by atoms with van der Waals surface area (Å²) in [5.41, 5.74) is 0.914. The highest BCUT2D eigenvalue weighted by Crippen LogP contribution is 2.32. The molecular weight excluding hydrogens is 338 g/mol. The minimum Gasteiger partial charge on any atom is -0.493 e. The quantitative estimate of drug-likeness (QED) is 0.747. The van der Waals surface area contributed by atoms with Gasteiger partial charge in [-0.3, -0.25) is 0 Å². The van der Waals surface area contributed by atoms with Gasteiger partial charge in [-0.05, 0) is 18.2 Å². The Morgan fingerprint density at radius 1 is 1.04 bits per heavy atom. The van der Waals surface area contributed by atoms with Gasteiger partial charge in [0.15, 0.2) is 23.0 Å². The van der Waals surface area contributed by atoms with E-state index in [4.69, 9.17) is 18.9 Å². The minimum atomic E-state index is -0.511. The highest BCUT2D eigenvalue weighted by molar-refractivity contribution is 5.88. The first kappa shape index (κ1) is 17.9. The first-order valence-corrected chi connectivity index (χ1v) is 8.18. The summed E-state index contributed by atoms with van der Waals surface area (Å²) in [7, 11) is 4.46. The number of methoxy groups -OCH3 is 3. The fourth-order valence-corrected chi connectivity index (χ4v) is 2.70. The maximum absolute atomic E-state index is 12.1. The highest BCUT2D eigenvalue weighted by atomic mass is 16.5. The molecule has 138 valence electrons. The average molecular weight is 359 g/mol. The van der Waals surface area contributed by atoms with Crippen LogP contribution in [0.3, 0.4) is 0 Å². The Kier molecular flexibility index (Phi) is 5.52. The molecule has 0 radical (unpaired) electrons. The van der Waals surface area contributed by atoms with Crippen molar-refractivity contribution in [2.45, 2.75) is 0 Å². The third kappa shape index (κ3) is 3.70. The van der Waals surface area contributed by atoms with Crippen molar-refractivity contribution in [3.63, 3.8) is 0 Å². The number of hydrogen-bond acceptors (Lipinski definition) is 8. The van der Waals surface area contributed by atoms with Crippen LogP contribution >= 0.6 is 0 Å². The first-order valence-electron chi connectivity index (χ1n) is 8.18. The Hall–Kier alpha value is -2.87. The van der Waals surface area contributed by atoms with Crippen LogP contribution in [0.2, 0.25) is 0 Å². The van der Waals surface area contributed by atoms with E-state index in [0.29, 0.717) is 55.0 Å². The maximum atomic E-state index is 12.1. The molecule has 26 heavy (non-hydrogen) atoms. The summed E-state index contributed by atoms with van der Waals surface area (Å²) in [5, 5.41) is 0. The lowest BCUT2D eigenvalue weighted by molar-refractivity contribution is 0.0594. The van der Waals surface area contributed by atoms with Crippen molar-refractivity contribution in [3.8, 4) is 22.9 Å². The van der Waals surface area contributed by atoms with Crippen LogP contribution < -0.4 is 14.4 Å². The molecule has 0 atom stereocenters. The van der Waals surface area contributed by atoms with Gasteiger partial charge in [-0.25, -0.2) is 14.8 Å². The molecule has 1 aliphatic rings. The van der Waals surface area contributed by atoms with Crippen molar-refractivity contribution in [2.75, 3.05) is 52.5 Å². The van der Waals surface area contributed by atoms with E-state index in [1.54, 1.807) is 32.4 Å². The van der Waals surface area contributed by atoms with Crippen LogP contribution in [-0.2, 0) is 9.47 Å². The molecule has 8 nitrogen and oxygen atoms in total. The van der Waals surface area contributed by atoms with Gasteiger partial charge in [-0.15, -0.1) is 0 Å². The van der Waals surface area contributed by atoms with Crippen molar-refractivity contribution in [2.24, 2.45) is 0 Å². The zero-order valence-corrected chi connectivity index (χ0v) is 15.0. The number of rotatable bonds is 5. The Morgan fingerprint density at radius 2 is 1.77 bits per heavy atom. The van der Waals surface area contributed by atoms with E-state index in [-0.39, 0.29) is 5.69 Å². The van der Waals surface area contributed by atoms with Crippen molar-refractivity contribution in [1.82, 2.24) is 9.97 Å². The van der Waals surface area contributed by atoms with E-state index < -0.39 is 5.97 Å². The van der Waals surface area contributed by atoms with Crippen LogP contribution in [0.5, 0.6) is 11.5 Å². The predicted octanol–water partition coefficient (Wildman–Crippen LogP) is 1.78. The number of morpholine rings is 1. The number of ether oxygens (including phenoxy) is 4. The summed E-state index contributed by atoms with van der Waals surface area (Å²) in [5.74, 6) is 1.73. The molecule has 0 bridgehead atoms. The van der Waals surface area contributed by atoms with Crippen LogP contribution in [-0.4, -0.2) is 63.6 Å². The van der Waals surface area contributed by atoms with Crippen molar-refractivity contribution in [1.29, 1.82) is 0 Å². The van der Waals surface area contributed by atoms with E-state index >= 15 is 0 Å². The number of carbonyl (C=O) groups excluding carboxylic acids is 1. The molecule has 0 aliphatic carbocycles. The number of benzene rings is 1. The van der Waals surface area contributed by atoms with Crippen LogP contribution in [0.4, 0.5) is 5.82 Å². The fourth-order valence-electron chi connectivity index (χ4n) is 2.70. The van der Waals surface area contributed by atoms with Gasteiger partial charge >= 0.3 is 5.97 Å². The van der Waals surface area contributed by atoms with Gasteiger partial charge in [-0.2, -0.15) is 0 Å². The molecule has 2 heterocycles. The molecule has 3 rings (SSSR count). The van der Waals surface area contributed by atoms with Gasteiger partial charge in [0, 0.05) is 24.7 Å². The Balaban J connectivity index is 2.06. The molecular formula is C18H21N3O5. The SMILES string of the molecule is COC(=O)c1cc(N2CCOCC2)nc(-c2ccc(OC)c(OC)c2)n1. The minimum absolute atomic E-state index is 0.203. The van der Waals surface area contributed by atoms with Crippen LogP contribution in [0, 0.1) is 0 Å². The molecule has 1 fully saturated rings. The molecule has 1 aromatic heterocycles. The Bertz CT molecular complexity index is 790. The van der Waals surface area contributed by atoms with Crippen molar-refractivity contribution >= 4 is 11.8 Å². The molecule has 0 unspecified atom stereocenters. The van der Waals surface area contributed by atoms with E-state index in [2.05, 4.69) is 14.9 Å². The van der Waals surface area contributed by atoms with E-state index in [0.717, 1.165) is 0 Å². The number of esters is 1. The molecule has 1 saturated heterocycles. The summed E-state index contributed by atoms with van der Waals surface area (Å²) in [4.78, 5) is 23.1. The molecule has 1 aromatic carbocycles. The van der Waals surface area contributed by atoms with E-state index in [9.17, 15) is 4.79 Å². The van der Waals surface area contributed by atoms with Crippen molar-refractivity contribution in [3.05, 3.63) is 30.0 Å². The van der Waals surface area contributed by atoms with Gasteiger partial charge in [0.1, 0.15) is 5.82 Å². The predicted molar refractivity (Wildman–Crippen MR) is 94.9 cm³/mol. The second kappa shape index (κ2) is 8.01. The summed E-state index contributed by atoms with van der Waals surface area (Å²) >= 11 is 0. The second-order valence-electron chi connectivity index (χ2n) is 5.60. The van der Waals surface area contributed by atoms with E-state index in [1.807, 2.05) is 6.07 Å². The normalized spacial score (nSPS) is 14.0. The maximum Gasteiger partial charge on any atom is 0.356 e. The van der Waals surface area contributed by atoms with Gasteiger partial charge in [-0.1, -0.05) is 0 Å². The Labute approximate surface area is 151 Å². The smallest absolute Gasteiger partial charge is 0.356 e. The first-order chi connectivity index (χ1) is 12.7. The third-order valence-electron chi connectivity index (χ3n) is 4.08. The number of aromatic nitrogens is 2. The number of anilines is 1. The molecule has 0 spiro atoms. The summed E-state index contributed by atoms with van der Waals surface area (Å²) in [6.07, 6.45) is 0. The van der Waals surface area contributed by atoms with Crippen LogP contribution in [0.25, 0.3) is 11.4 Å². The summed E-state index contributed by atoms with van der Waals surface area (Å²) in [6, 6.07) is 7.01. The lowest BCUT2D eigenvalue weighted by Crippen LogP contribution is -2.37. The largest absolute Gasteiger partial charge is 0.493 e. The Morgan fingerprint density at radius 3 is 2.42 bits per heavy atom. The lowest BCUT2D eigenvalue weighted by atomic mass is 10.1. The number of carbonyl (C=O) groups is 1. The molecule has 0 amide bonds. The van der Waals surface area contributed by atoms with E-state index in [1.165, 1.54) is 7.11 Å². The topological polar surface area (TPSA) is 83.0 Å². The van der Waals surface area contributed by atoms with Crippen LogP contribution in [0.15, 0.2) is 24.3 Å². The molecule has 0 N–H and O–H groups in total. The summed E-state index contributed by atoms with van der Waals surface area (Å²) in [6.45, 7) is 2.62. The van der Waals surface area contributed by atoms with Gasteiger partial charge < -0.3 is 23.8 Å². The second-order valence-corrected chi connectivity index (χ2v) is 5.60. The highest BCUT2D eigenvalue weighted by Gasteiger charge is 2.19. The van der Waals surface area contributed by atoms with Crippen molar-refractivity contribution < 1.29 is 23.7 Å². The molecule has 1 aliphatic heterocycles. The average Bonchev–Trinajstić information content (AvgIpc) is 2.72. The molecule has 2 aromatic rings. The molecule has 0 saturated carbocycles. The number of nitrogens with zero attached hydrogens (tertiary/aromatic N) is 3. The van der Waals surface area contributed by atoms with Gasteiger partial charge in [0.25, 0.3) is 0 Å².